The van der Waals surface area contributed by atoms with E-state index in [1.165, 1.54) is 36.4 Å². The van der Waals surface area contributed by atoms with Crippen molar-refractivity contribution < 1.29 is 30.8 Å². The minimum Gasteiger partial charge on any atom is -0.494 e. The maximum Gasteiger partial charge on any atom is 0.264 e. The van der Waals surface area contributed by atoms with Crippen LogP contribution in [0.4, 0.5) is 21.5 Å². The minimum atomic E-state index is -4.26. The lowest BCUT2D eigenvalue weighted by Crippen LogP contribution is -2.38. The van der Waals surface area contributed by atoms with E-state index >= 15 is 0 Å². The highest BCUT2D eigenvalue weighted by Gasteiger charge is 2.27. The number of halogens is 1. The molecule has 0 atom stereocenters. The molecule has 12 heteroatoms. The highest BCUT2D eigenvalue weighted by atomic mass is 32.2. The van der Waals surface area contributed by atoms with Gasteiger partial charge in [0.15, 0.2) is 0 Å². The summed E-state index contributed by atoms with van der Waals surface area (Å²) >= 11 is 0. The van der Waals surface area contributed by atoms with Crippen LogP contribution in [0.15, 0.2) is 107 Å². The van der Waals surface area contributed by atoms with Gasteiger partial charge < -0.3 is 10.1 Å². The van der Waals surface area contributed by atoms with Crippen LogP contribution in [0.2, 0.25) is 0 Å². The maximum absolute atomic E-state index is 13.5. The van der Waals surface area contributed by atoms with E-state index in [4.69, 9.17) is 4.74 Å². The third-order valence-electron chi connectivity index (χ3n) is 5.88. The molecule has 0 spiro atoms. The first kappa shape index (κ1) is 29.6. The van der Waals surface area contributed by atoms with Gasteiger partial charge in [0, 0.05) is 11.4 Å². The quantitative estimate of drug-likeness (QED) is 0.246. The second-order valence-electron chi connectivity index (χ2n) is 8.94. The molecule has 0 saturated heterocycles. The lowest BCUT2D eigenvalue weighted by Gasteiger charge is -2.24. The second-order valence-corrected chi connectivity index (χ2v) is 12.5. The normalized spacial score (nSPS) is 11.5. The lowest BCUT2D eigenvalue weighted by molar-refractivity contribution is -0.114. The van der Waals surface area contributed by atoms with Gasteiger partial charge in [-0.3, -0.25) is 13.8 Å². The van der Waals surface area contributed by atoms with Crippen LogP contribution in [0.1, 0.15) is 12.5 Å². The molecule has 0 fully saturated rings. The number of carbonyl (C=O) groups is 1. The Morgan fingerprint density at radius 3 is 1.93 bits per heavy atom. The number of benzene rings is 4. The zero-order chi connectivity index (χ0) is 29.6. The number of rotatable bonds is 11. The van der Waals surface area contributed by atoms with Gasteiger partial charge in [0.2, 0.25) is 5.91 Å². The third-order valence-corrected chi connectivity index (χ3v) is 9.06. The smallest absolute Gasteiger partial charge is 0.264 e. The fourth-order valence-corrected chi connectivity index (χ4v) is 6.29. The van der Waals surface area contributed by atoms with Gasteiger partial charge in [0.1, 0.15) is 18.1 Å². The predicted molar refractivity (Wildman–Crippen MR) is 156 cm³/mol. The molecule has 0 unspecified atom stereocenters. The molecular weight excluding hydrogens is 569 g/mol. The Labute approximate surface area is 238 Å². The molecule has 9 nitrogen and oxygen atoms in total. The average molecular weight is 598 g/mol. The van der Waals surface area contributed by atoms with Crippen LogP contribution >= 0.6 is 0 Å². The Morgan fingerprint density at radius 2 is 1.34 bits per heavy atom. The van der Waals surface area contributed by atoms with E-state index in [-0.39, 0.29) is 21.2 Å². The molecule has 0 bridgehead atoms. The highest BCUT2D eigenvalue weighted by molar-refractivity contribution is 7.93. The summed E-state index contributed by atoms with van der Waals surface area (Å²) in [6.07, 6.45) is 0. The van der Waals surface area contributed by atoms with Gasteiger partial charge in [0.25, 0.3) is 20.0 Å². The fraction of sp³-hybridized carbons (Fsp3) is 0.138. The van der Waals surface area contributed by atoms with Crippen molar-refractivity contribution in [2.75, 3.05) is 27.5 Å². The molecule has 4 aromatic rings. The number of nitrogens with one attached hydrogen (secondary N) is 2. The van der Waals surface area contributed by atoms with Gasteiger partial charge in [-0.2, -0.15) is 0 Å². The molecule has 4 rings (SSSR count). The van der Waals surface area contributed by atoms with Crippen molar-refractivity contribution in [1.29, 1.82) is 0 Å². The van der Waals surface area contributed by atoms with E-state index in [1.54, 1.807) is 36.4 Å². The second kappa shape index (κ2) is 12.4. The van der Waals surface area contributed by atoms with Crippen LogP contribution in [0.5, 0.6) is 5.75 Å². The Hall–Kier alpha value is -4.42. The van der Waals surface area contributed by atoms with Gasteiger partial charge >= 0.3 is 0 Å². The molecule has 0 heterocycles. The minimum absolute atomic E-state index is 0.0222. The van der Waals surface area contributed by atoms with Gasteiger partial charge in [-0.25, -0.2) is 21.2 Å². The summed E-state index contributed by atoms with van der Waals surface area (Å²) in [7, 11) is -8.14. The Morgan fingerprint density at radius 1 is 0.780 bits per heavy atom. The van der Waals surface area contributed by atoms with Crippen molar-refractivity contribution in [1.82, 2.24) is 0 Å². The molecule has 41 heavy (non-hydrogen) atoms. The van der Waals surface area contributed by atoms with Crippen molar-refractivity contribution in [2.45, 2.75) is 23.6 Å². The molecule has 0 radical (unpaired) electrons. The monoisotopic (exact) mass is 597 g/mol. The Balaban J connectivity index is 1.53. The van der Waals surface area contributed by atoms with E-state index in [9.17, 15) is 26.0 Å². The van der Waals surface area contributed by atoms with Crippen LogP contribution in [-0.4, -0.2) is 35.9 Å². The largest absolute Gasteiger partial charge is 0.494 e. The van der Waals surface area contributed by atoms with Crippen LogP contribution in [0.3, 0.4) is 0 Å². The number of anilines is 3. The standard InChI is InChI=1S/C29H28FN3O6S2/c1-3-39-26-14-12-25(13-15-26)33(41(37,38)28-16-6-22(30)7-17-28)20-29(34)31-23-10-18-27(19-11-23)40(35,36)32-24-8-4-21(2)5-9-24/h4-19,32H,3,20H2,1-2H3,(H,31,34). The highest BCUT2D eigenvalue weighted by Crippen LogP contribution is 2.26. The molecule has 0 aliphatic rings. The number of hydrogen-bond donors (Lipinski definition) is 2. The van der Waals surface area contributed by atoms with E-state index in [1.807, 2.05) is 13.8 Å². The number of carbonyl (C=O) groups excluding carboxylic acids is 1. The van der Waals surface area contributed by atoms with Crippen molar-refractivity contribution in [3.63, 3.8) is 0 Å². The lowest BCUT2D eigenvalue weighted by atomic mass is 10.2. The number of nitrogens with zero attached hydrogens (tertiary/aromatic N) is 1. The summed E-state index contributed by atoms with van der Waals surface area (Å²) < 4.78 is 74.7. The van der Waals surface area contributed by atoms with Crippen molar-refractivity contribution >= 4 is 43.0 Å². The predicted octanol–water partition coefficient (Wildman–Crippen LogP) is 5.17. The molecule has 0 saturated carbocycles. The van der Waals surface area contributed by atoms with E-state index in [2.05, 4.69) is 10.0 Å². The zero-order valence-corrected chi connectivity index (χ0v) is 23.9. The van der Waals surface area contributed by atoms with Crippen LogP contribution < -0.4 is 19.1 Å². The SMILES string of the molecule is CCOc1ccc(N(CC(=O)Nc2ccc(S(=O)(=O)Nc3ccc(C)cc3)cc2)S(=O)(=O)c2ccc(F)cc2)cc1. The molecule has 4 aromatic carbocycles. The zero-order valence-electron chi connectivity index (χ0n) is 22.2. The Kier molecular flexibility index (Phi) is 8.94. The number of ether oxygens (including phenoxy) is 1. The first-order valence-electron chi connectivity index (χ1n) is 12.5. The molecule has 0 aliphatic heterocycles. The third kappa shape index (κ3) is 7.41. The Bertz CT molecular complexity index is 1710. The number of aryl methyl sites for hydroxylation is 1. The van der Waals surface area contributed by atoms with E-state index < -0.39 is 38.3 Å². The molecule has 0 aliphatic carbocycles. The number of hydrogen-bond acceptors (Lipinski definition) is 6. The van der Waals surface area contributed by atoms with Gasteiger partial charge in [-0.15, -0.1) is 0 Å². The van der Waals surface area contributed by atoms with Gasteiger partial charge in [-0.05, 0) is 98.8 Å². The molecular formula is C29H28FN3O6S2. The number of amides is 1. The summed E-state index contributed by atoms with van der Waals surface area (Å²) in [4.78, 5) is 12.8. The molecule has 0 aromatic heterocycles. The fourth-order valence-electron chi connectivity index (χ4n) is 3.81. The van der Waals surface area contributed by atoms with Crippen LogP contribution in [0.25, 0.3) is 0 Å². The first-order chi connectivity index (χ1) is 19.5. The summed E-state index contributed by atoms with van der Waals surface area (Å²) in [6, 6.07) is 22.7. The molecule has 2 N–H and O–H groups in total. The van der Waals surface area contributed by atoms with E-state index in [0.717, 1.165) is 34.1 Å². The summed E-state index contributed by atoms with van der Waals surface area (Å²) in [5.41, 5.74) is 1.84. The average Bonchev–Trinajstić information content (AvgIpc) is 2.94. The van der Waals surface area contributed by atoms with Gasteiger partial charge in [0.05, 0.1) is 22.1 Å². The summed E-state index contributed by atoms with van der Waals surface area (Å²) in [5, 5.41) is 2.60. The van der Waals surface area contributed by atoms with Crippen molar-refractivity contribution in [3.8, 4) is 5.75 Å². The van der Waals surface area contributed by atoms with Crippen LogP contribution in [-0.2, 0) is 24.8 Å². The molecule has 1 amide bonds. The summed E-state index contributed by atoms with van der Waals surface area (Å²) in [5.74, 6) is -0.765. The topological polar surface area (TPSA) is 122 Å². The van der Waals surface area contributed by atoms with Crippen molar-refractivity contribution in [3.05, 3.63) is 108 Å². The number of sulfonamides is 2. The first-order valence-corrected chi connectivity index (χ1v) is 15.4. The van der Waals surface area contributed by atoms with E-state index in [0.29, 0.717) is 18.0 Å². The maximum atomic E-state index is 13.5. The molecule has 214 valence electrons. The van der Waals surface area contributed by atoms with Crippen molar-refractivity contribution in [2.24, 2.45) is 0 Å². The summed E-state index contributed by atoms with van der Waals surface area (Å²) in [6.45, 7) is 3.51. The van der Waals surface area contributed by atoms with Crippen LogP contribution in [0, 0.1) is 12.7 Å². The van der Waals surface area contributed by atoms with Gasteiger partial charge in [-0.1, -0.05) is 17.7 Å².